The highest BCUT2D eigenvalue weighted by Gasteiger charge is 2.24. The van der Waals surface area contributed by atoms with Crippen LogP contribution in [0.1, 0.15) is 29.3 Å². The number of carbonyl (C=O) groups is 1. The molecule has 3 aromatic rings. The maximum absolute atomic E-state index is 12.5. The number of rotatable bonds is 5. The van der Waals surface area contributed by atoms with Gasteiger partial charge in [-0.25, -0.2) is 0 Å². The molecule has 0 bridgehead atoms. The minimum Gasteiger partial charge on any atom is -0.316 e. The van der Waals surface area contributed by atoms with Gasteiger partial charge >= 0.3 is 0 Å². The Morgan fingerprint density at radius 1 is 1.45 bits per heavy atom. The Morgan fingerprint density at radius 3 is 3.07 bits per heavy atom. The third-order valence-electron chi connectivity index (χ3n) is 4.94. The zero-order valence-corrected chi connectivity index (χ0v) is 17.8. The Hall–Kier alpha value is -2.70. The van der Waals surface area contributed by atoms with Gasteiger partial charge in [0.15, 0.2) is 11.0 Å². The second-order valence-electron chi connectivity index (χ2n) is 7.08. The lowest BCUT2D eigenvalue weighted by molar-refractivity contribution is -0.113. The number of thioether (sulfide) groups is 1. The molecule has 148 valence electrons. The van der Waals surface area contributed by atoms with Gasteiger partial charge in [0.1, 0.15) is 16.8 Å². The van der Waals surface area contributed by atoms with E-state index < -0.39 is 0 Å². The monoisotopic (exact) mass is 424 g/mol. The fourth-order valence-electron chi connectivity index (χ4n) is 3.41. The summed E-state index contributed by atoms with van der Waals surface area (Å²) in [7, 11) is 1.85. The second-order valence-corrected chi connectivity index (χ2v) is 9.13. The second kappa shape index (κ2) is 8.35. The van der Waals surface area contributed by atoms with E-state index in [1.165, 1.54) is 28.0 Å². The van der Waals surface area contributed by atoms with Crippen molar-refractivity contribution in [1.29, 1.82) is 5.26 Å². The Bertz CT molecular complexity index is 1080. The minimum absolute atomic E-state index is 0.152. The summed E-state index contributed by atoms with van der Waals surface area (Å²) in [5.41, 5.74) is 2.48. The first-order valence-electron chi connectivity index (χ1n) is 9.35. The minimum atomic E-state index is -0.152. The van der Waals surface area contributed by atoms with E-state index in [-0.39, 0.29) is 11.7 Å². The molecule has 1 N–H and O–H groups in total. The quantitative estimate of drug-likeness (QED) is 0.628. The molecule has 1 amide bonds. The maximum atomic E-state index is 12.5. The third kappa shape index (κ3) is 4.04. The molecule has 1 atom stereocenters. The molecule has 9 heteroatoms. The van der Waals surface area contributed by atoms with E-state index in [0.29, 0.717) is 27.5 Å². The van der Waals surface area contributed by atoms with E-state index in [2.05, 4.69) is 33.5 Å². The largest absolute Gasteiger partial charge is 0.316 e. The molecule has 7 nitrogen and oxygen atoms in total. The summed E-state index contributed by atoms with van der Waals surface area (Å²) in [5.74, 6) is 1.31. The molecule has 0 saturated carbocycles. The molecule has 0 aliphatic heterocycles. The molecule has 3 heterocycles. The molecule has 4 rings (SSSR count). The average Bonchev–Trinajstić information content (AvgIpc) is 3.26. The van der Waals surface area contributed by atoms with E-state index in [1.807, 2.05) is 29.8 Å². The van der Waals surface area contributed by atoms with Gasteiger partial charge in [0, 0.05) is 18.1 Å². The van der Waals surface area contributed by atoms with Gasteiger partial charge < -0.3 is 9.88 Å². The Morgan fingerprint density at radius 2 is 2.31 bits per heavy atom. The number of amides is 1. The highest BCUT2D eigenvalue weighted by atomic mass is 32.2. The molecule has 0 aromatic carbocycles. The molecule has 0 radical (unpaired) electrons. The van der Waals surface area contributed by atoms with Crippen molar-refractivity contribution in [2.45, 2.75) is 31.3 Å². The number of carbonyl (C=O) groups excluding carboxylic acids is 1. The standard InChI is InChI=1S/C20H20N6OS2/c1-12-6-7-13-14(10-21)19(29-16(13)9-12)23-17(27)11-28-20-25-24-18(26(20)2)15-5-3-4-8-22-15/h3-5,8,12H,6-7,9,11H2,1-2H3,(H,23,27). The number of anilines is 1. The van der Waals surface area contributed by atoms with Gasteiger partial charge in [0.05, 0.1) is 11.3 Å². The summed E-state index contributed by atoms with van der Waals surface area (Å²) < 4.78 is 1.83. The predicted octanol–water partition coefficient (Wildman–Crippen LogP) is 3.67. The van der Waals surface area contributed by atoms with Gasteiger partial charge in [-0.05, 0) is 42.9 Å². The summed E-state index contributed by atoms with van der Waals surface area (Å²) in [6.45, 7) is 2.23. The first-order chi connectivity index (χ1) is 14.1. The number of fused-ring (bicyclic) bond motifs is 1. The zero-order chi connectivity index (χ0) is 20.4. The van der Waals surface area contributed by atoms with Gasteiger partial charge in [-0.1, -0.05) is 24.8 Å². The van der Waals surface area contributed by atoms with Crippen LogP contribution in [0.2, 0.25) is 0 Å². The van der Waals surface area contributed by atoms with E-state index in [1.54, 1.807) is 6.20 Å². The molecular formula is C20H20N6OS2. The first-order valence-corrected chi connectivity index (χ1v) is 11.1. The SMILES string of the molecule is CC1CCc2c(sc(NC(=O)CSc3nnc(-c4ccccn4)n3C)c2C#N)C1. The number of nitriles is 1. The molecule has 0 saturated heterocycles. The fraction of sp³-hybridized carbons (Fsp3) is 0.350. The van der Waals surface area contributed by atoms with Gasteiger partial charge in [-0.3, -0.25) is 9.78 Å². The number of pyridine rings is 1. The summed E-state index contributed by atoms with van der Waals surface area (Å²) in [6, 6.07) is 7.89. The van der Waals surface area contributed by atoms with Crippen molar-refractivity contribution in [1.82, 2.24) is 19.7 Å². The molecule has 1 aliphatic rings. The van der Waals surface area contributed by atoms with Crippen LogP contribution in [0.15, 0.2) is 29.6 Å². The van der Waals surface area contributed by atoms with Crippen LogP contribution in [0.4, 0.5) is 5.00 Å². The normalized spacial score (nSPS) is 15.6. The number of nitrogens with one attached hydrogen (secondary N) is 1. The van der Waals surface area contributed by atoms with Crippen molar-refractivity contribution in [3.8, 4) is 17.6 Å². The van der Waals surface area contributed by atoms with E-state index in [9.17, 15) is 10.1 Å². The van der Waals surface area contributed by atoms with E-state index in [4.69, 9.17) is 0 Å². The van der Waals surface area contributed by atoms with Crippen molar-refractivity contribution in [3.63, 3.8) is 0 Å². The lowest BCUT2D eigenvalue weighted by Crippen LogP contribution is -2.14. The Balaban J connectivity index is 1.43. The lowest BCUT2D eigenvalue weighted by Gasteiger charge is -2.17. The van der Waals surface area contributed by atoms with Crippen molar-refractivity contribution >= 4 is 34.0 Å². The van der Waals surface area contributed by atoms with Gasteiger partial charge in [0.2, 0.25) is 5.91 Å². The van der Waals surface area contributed by atoms with Gasteiger partial charge in [-0.15, -0.1) is 21.5 Å². The van der Waals surface area contributed by atoms with Crippen LogP contribution >= 0.6 is 23.1 Å². The smallest absolute Gasteiger partial charge is 0.235 e. The Labute approximate surface area is 177 Å². The molecular weight excluding hydrogens is 404 g/mol. The molecule has 29 heavy (non-hydrogen) atoms. The first kappa shape index (κ1) is 19.6. The van der Waals surface area contributed by atoms with Crippen molar-refractivity contribution < 1.29 is 4.79 Å². The van der Waals surface area contributed by atoms with E-state index in [0.717, 1.165) is 30.5 Å². The number of thiophene rings is 1. The molecule has 1 aliphatic carbocycles. The number of nitrogens with zero attached hydrogens (tertiary/aromatic N) is 5. The summed E-state index contributed by atoms with van der Waals surface area (Å²) in [6.07, 6.45) is 4.69. The van der Waals surface area contributed by atoms with Gasteiger partial charge in [-0.2, -0.15) is 5.26 Å². The van der Waals surface area contributed by atoms with Crippen LogP contribution in [0.3, 0.4) is 0 Å². The summed E-state index contributed by atoms with van der Waals surface area (Å²) in [4.78, 5) is 18.0. The van der Waals surface area contributed by atoms with Crippen molar-refractivity contribution in [2.75, 3.05) is 11.1 Å². The van der Waals surface area contributed by atoms with Crippen LogP contribution in [0.5, 0.6) is 0 Å². The maximum Gasteiger partial charge on any atom is 0.235 e. The Kier molecular flexibility index (Phi) is 5.65. The van der Waals surface area contributed by atoms with Crippen LogP contribution in [-0.2, 0) is 24.7 Å². The molecule has 0 spiro atoms. The van der Waals surface area contributed by atoms with Crippen LogP contribution in [0, 0.1) is 17.2 Å². The lowest BCUT2D eigenvalue weighted by atomic mass is 9.89. The van der Waals surface area contributed by atoms with Crippen molar-refractivity contribution in [2.24, 2.45) is 13.0 Å². The summed E-state index contributed by atoms with van der Waals surface area (Å²) >= 11 is 2.85. The zero-order valence-electron chi connectivity index (χ0n) is 16.2. The summed E-state index contributed by atoms with van der Waals surface area (Å²) in [5, 5.41) is 22.2. The predicted molar refractivity (Wildman–Crippen MR) is 114 cm³/mol. The molecule has 3 aromatic heterocycles. The van der Waals surface area contributed by atoms with Crippen molar-refractivity contribution in [3.05, 3.63) is 40.4 Å². The number of hydrogen-bond acceptors (Lipinski definition) is 7. The molecule has 1 unspecified atom stereocenters. The fourth-order valence-corrected chi connectivity index (χ4v) is 5.50. The average molecular weight is 425 g/mol. The number of hydrogen-bond donors (Lipinski definition) is 1. The van der Waals surface area contributed by atoms with Crippen LogP contribution < -0.4 is 5.32 Å². The third-order valence-corrected chi connectivity index (χ3v) is 7.13. The van der Waals surface area contributed by atoms with Gasteiger partial charge in [0.25, 0.3) is 0 Å². The van der Waals surface area contributed by atoms with Crippen LogP contribution in [-0.4, -0.2) is 31.4 Å². The number of aromatic nitrogens is 4. The van der Waals surface area contributed by atoms with Crippen LogP contribution in [0.25, 0.3) is 11.5 Å². The van der Waals surface area contributed by atoms with E-state index >= 15 is 0 Å². The topological polar surface area (TPSA) is 96.5 Å². The highest BCUT2D eigenvalue weighted by Crippen LogP contribution is 2.39. The molecule has 0 fully saturated rings. The highest BCUT2D eigenvalue weighted by molar-refractivity contribution is 7.99.